The average molecular weight is 451 g/mol. The lowest BCUT2D eigenvalue weighted by Crippen LogP contribution is -2.10. The van der Waals surface area contributed by atoms with Crippen molar-refractivity contribution in [2.75, 3.05) is 0 Å². The summed E-state index contributed by atoms with van der Waals surface area (Å²) in [4.78, 5) is 12.0. The number of fused-ring (bicyclic) bond motifs is 1. The van der Waals surface area contributed by atoms with Gasteiger partial charge in [0.05, 0.1) is 16.9 Å². The molecular weight excluding hydrogens is 436 g/mol. The molecule has 3 nitrogen and oxygen atoms in total. The van der Waals surface area contributed by atoms with E-state index in [1.54, 1.807) is 12.1 Å². The van der Waals surface area contributed by atoms with Crippen molar-refractivity contribution in [1.29, 1.82) is 0 Å². The largest absolute Gasteiger partial charge is 0.416 e. The lowest BCUT2D eigenvalue weighted by atomic mass is 9.90. The molecule has 2 aromatic carbocycles. The number of hydrogen-bond acceptors (Lipinski definition) is 2. The number of carbonyl (C=O) groups is 1. The summed E-state index contributed by atoms with van der Waals surface area (Å²) in [6.45, 7) is 0. The van der Waals surface area contributed by atoms with E-state index in [2.05, 4.69) is 5.10 Å². The molecule has 1 aliphatic rings. The molecule has 154 valence electrons. The van der Waals surface area contributed by atoms with Crippen molar-refractivity contribution < 1.29 is 18.0 Å². The van der Waals surface area contributed by atoms with Gasteiger partial charge in [-0.1, -0.05) is 29.8 Å². The van der Waals surface area contributed by atoms with E-state index in [-0.39, 0.29) is 11.4 Å². The third kappa shape index (κ3) is 4.02. The fourth-order valence-electron chi connectivity index (χ4n) is 3.65. The summed E-state index contributed by atoms with van der Waals surface area (Å²) >= 11 is 11.7. The normalized spacial score (nSPS) is 15.3. The van der Waals surface area contributed by atoms with Crippen LogP contribution in [0.3, 0.4) is 0 Å². The first kappa shape index (κ1) is 20.7. The summed E-state index contributed by atoms with van der Waals surface area (Å²) in [6.07, 6.45) is -0.521. The summed E-state index contributed by atoms with van der Waals surface area (Å²) in [5.74, 6) is 0. The van der Waals surface area contributed by atoms with Crippen LogP contribution in [-0.2, 0) is 12.6 Å². The Hall–Kier alpha value is -2.57. The number of hydrogen-bond donors (Lipinski definition) is 0. The number of benzene rings is 2. The molecule has 0 saturated carbocycles. The highest BCUT2D eigenvalue weighted by Crippen LogP contribution is 2.37. The lowest BCUT2D eigenvalue weighted by Gasteiger charge is -2.19. The van der Waals surface area contributed by atoms with E-state index in [0.29, 0.717) is 29.1 Å². The summed E-state index contributed by atoms with van der Waals surface area (Å²) < 4.78 is 41.1. The van der Waals surface area contributed by atoms with Gasteiger partial charge in [-0.3, -0.25) is 4.79 Å². The predicted molar refractivity (Wildman–Crippen MR) is 111 cm³/mol. The second-order valence-corrected chi connectivity index (χ2v) is 7.76. The number of nitrogens with zero attached hydrogens (tertiary/aromatic N) is 2. The molecule has 3 aromatic rings. The van der Waals surface area contributed by atoms with Gasteiger partial charge >= 0.3 is 6.18 Å². The van der Waals surface area contributed by atoms with E-state index in [4.69, 9.17) is 23.2 Å². The topological polar surface area (TPSA) is 34.9 Å². The molecule has 30 heavy (non-hydrogen) atoms. The Kier molecular flexibility index (Phi) is 5.47. The SMILES string of the molecule is O=C(Cl)c1nn(-c2cccc(C(F)(F)F)c2)c2c1CCC/C2=C/c1ccc(Cl)cc1. The summed E-state index contributed by atoms with van der Waals surface area (Å²) in [5.41, 5.74) is 2.52. The number of allylic oxidation sites excluding steroid dienone is 1. The standard InChI is InChI=1S/C22H15Cl2F3N2O/c23-16-9-7-13(8-10-16)11-14-3-1-6-18-19(21(24)30)28-29(20(14)18)17-5-2-4-15(12-17)22(25,26)27/h2,4-5,7-12H,1,3,6H2/b14-11-. The van der Waals surface area contributed by atoms with Crippen molar-refractivity contribution in [3.63, 3.8) is 0 Å². The smallest absolute Gasteiger partial charge is 0.274 e. The van der Waals surface area contributed by atoms with Crippen molar-refractivity contribution in [3.8, 4) is 5.69 Å². The van der Waals surface area contributed by atoms with Gasteiger partial charge in [-0.05, 0) is 78.4 Å². The van der Waals surface area contributed by atoms with Crippen LogP contribution in [0.4, 0.5) is 13.2 Å². The van der Waals surface area contributed by atoms with E-state index in [1.165, 1.54) is 16.8 Å². The monoisotopic (exact) mass is 450 g/mol. The predicted octanol–water partition coefficient (Wildman–Crippen LogP) is 6.80. The van der Waals surface area contributed by atoms with Gasteiger partial charge < -0.3 is 0 Å². The van der Waals surface area contributed by atoms with Gasteiger partial charge in [0.15, 0.2) is 0 Å². The molecule has 8 heteroatoms. The molecule has 1 heterocycles. The Morgan fingerprint density at radius 1 is 1.10 bits per heavy atom. The second-order valence-electron chi connectivity index (χ2n) is 6.98. The number of aromatic nitrogens is 2. The zero-order valence-electron chi connectivity index (χ0n) is 15.5. The fourth-order valence-corrected chi connectivity index (χ4v) is 3.93. The van der Waals surface area contributed by atoms with Crippen molar-refractivity contribution in [3.05, 3.63) is 81.6 Å². The first-order chi connectivity index (χ1) is 14.2. The lowest BCUT2D eigenvalue weighted by molar-refractivity contribution is -0.137. The van der Waals surface area contributed by atoms with Gasteiger partial charge in [0.2, 0.25) is 0 Å². The maximum absolute atomic E-state index is 13.2. The molecule has 1 aromatic heterocycles. The van der Waals surface area contributed by atoms with Crippen LogP contribution in [0.25, 0.3) is 17.3 Å². The molecule has 0 unspecified atom stereocenters. The third-order valence-electron chi connectivity index (χ3n) is 4.98. The van der Waals surface area contributed by atoms with Crippen LogP contribution in [0.15, 0.2) is 48.5 Å². The van der Waals surface area contributed by atoms with E-state index in [9.17, 15) is 18.0 Å². The van der Waals surface area contributed by atoms with E-state index in [0.717, 1.165) is 29.7 Å². The Balaban J connectivity index is 1.91. The summed E-state index contributed by atoms with van der Waals surface area (Å²) in [7, 11) is 0. The van der Waals surface area contributed by atoms with Crippen molar-refractivity contribution in [2.24, 2.45) is 0 Å². The third-order valence-corrected chi connectivity index (χ3v) is 5.41. The first-order valence-electron chi connectivity index (χ1n) is 9.20. The summed E-state index contributed by atoms with van der Waals surface area (Å²) in [6, 6.07) is 12.1. The van der Waals surface area contributed by atoms with Crippen LogP contribution in [0, 0.1) is 0 Å². The number of carbonyl (C=O) groups excluding carboxylic acids is 1. The maximum Gasteiger partial charge on any atom is 0.416 e. The van der Waals surface area contributed by atoms with E-state index < -0.39 is 17.0 Å². The van der Waals surface area contributed by atoms with Crippen molar-refractivity contribution >= 4 is 40.1 Å². The second kappa shape index (κ2) is 7.93. The van der Waals surface area contributed by atoms with Gasteiger partial charge in [-0.15, -0.1) is 0 Å². The van der Waals surface area contributed by atoms with Crippen LogP contribution in [0.1, 0.15) is 45.7 Å². The molecular formula is C22H15Cl2F3N2O. The minimum Gasteiger partial charge on any atom is -0.274 e. The minimum absolute atomic E-state index is 0.0748. The molecule has 0 atom stereocenters. The first-order valence-corrected chi connectivity index (χ1v) is 9.95. The van der Waals surface area contributed by atoms with Crippen LogP contribution >= 0.6 is 23.2 Å². The van der Waals surface area contributed by atoms with Crippen LogP contribution < -0.4 is 0 Å². The van der Waals surface area contributed by atoms with Crippen LogP contribution in [-0.4, -0.2) is 15.0 Å². The highest BCUT2D eigenvalue weighted by Gasteiger charge is 2.32. The fraction of sp³-hybridized carbons (Fsp3) is 0.182. The average Bonchev–Trinajstić information content (AvgIpc) is 3.10. The molecule has 0 saturated heterocycles. The highest BCUT2D eigenvalue weighted by molar-refractivity contribution is 6.67. The Labute approximate surface area is 180 Å². The molecule has 0 spiro atoms. The van der Waals surface area contributed by atoms with Gasteiger partial charge in [-0.25, -0.2) is 4.68 Å². The van der Waals surface area contributed by atoms with E-state index in [1.807, 2.05) is 18.2 Å². The molecule has 0 fully saturated rings. The molecule has 0 amide bonds. The van der Waals surface area contributed by atoms with Crippen LogP contribution in [0.5, 0.6) is 0 Å². The molecule has 4 rings (SSSR count). The zero-order chi connectivity index (χ0) is 21.5. The minimum atomic E-state index is -4.49. The van der Waals surface area contributed by atoms with Crippen LogP contribution in [0.2, 0.25) is 5.02 Å². The number of alkyl halides is 3. The Morgan fingerprint density at radius 3 is 2.50 bits per heavy atom. The van der Waals surface area contributed by atoms with Crippen molar-refractivity contribution in [1.82, 2.24) is 9.78 Å². The maximum atomic E-state index is 13.2. The van der Waals surface area contributed by atoms with Crippen molar-refractivity contribution in [2.45, 2.75) is 25.4 Å². The Bertz CT molecular complexity index is 1150. The quantitative estimate of drug-likeness (QED) is 0.411. The number of halogens is 5. The molecule has 0 radical (unpaired) electrons. The molecule has 0 aliphatic heterocycles. The zero-order valence-corrected chi connectivity index (χ0v) is 17.0. The summed E-state index contributed by atoms with van der Waals surface area (Å²) in [5, 5.41) is 4.17. The molecule has 1 aliphatic carbocycles. The molecule has 0 N–H and O–H groups in total. The van der Waals surface area contributed by atoms with Gasteiger partial charge in [0.1, 0.15) is 5.69 Å². The molecule has 0 bridgehead atoms. The number of rotatable bonds is 3. The van der Waals surface area contributed by atoms with E-state index >= 15 is 0 Å². The van der Waals surface area contributed by atoms with Gasteiger partial charge in [0.25, 0.3) is 5.24 Å². The highest BCUT2D eigenvalue weighted by atomic mass is 35.5. The van der Waals surface area contributed by atoms with Gasteiger partial charge in [0, 0.05) is 10.6 Å². The Morgan fingerprint density at radius 2 is 1.83 bits per heavy atom. The van der Waals surface area contributed by atoms with Gasteiger partial charge in [-0.2, -0.15) is 18.3 Å².